The first-order chi connectivity index (χ1) is 10.9. The van der Waals surface area contributed by atoms with Crippen LogP contribution in [0.4, 0.5) is 4.39 Å². The number of hydrogen-bond acceptors (Lipinski definition) is 2. The fraction of sp³-hybridized carbons (Fsp3) is 0.211. The number of halogens is 1. The molecule has 0 fully saturated rings. The predicted molar refractivity (Wildman–Crippen MR) is 88.8 cm³/mol. The predicted octanol–water partition coefficient (Wildman–Crippen LogP) is 4.93. The quantitative estimate of drug-likeness (QED) is 0.682. The van der Waals surface area contributed by atoms with E-state index in [4.69, 9.17) is 4.74 Å². The van der Waals surface area contributed by atoms with E-state index in [1.165, 1.54) is 12.1 Å². The molecule has 3 aromatic rings. The van der Waals surface area contributed by atoms with Crippen LogP contribution in [-0.2, 0) is 4.79 Å². The standard InChI is InChI=1S/C19H18FNO2/c1-19(2,3)18(22)23-17-14-6-4-5-7-15(14)21-16(17)12-8-10-13(20)11-9-12/h4-11,21H,1-3H3. The van der Waals surface area contributed by atoms with Crippen molar-refractivity contribution < 1.29 is 13.9 Å². The Bertz CT molecular complexity index is 857. The number of benzene rings is 2. The van der Waals surface area contributed by atoms with Crippen molar-refractivity contribution in [2.24, 2.45) is 5.41 Å². The van der Waals surface area contributed by atoms with Crippen LogP contribution < -0.4 is 4.74 Å². The highest BCUT2D eigenvalue weighted by Gasteiger charge is 2.26. The lowest BCUT2D eigenvalue weighted by atomic mass is 9.97. The van der Waals surface area contributed by atoms with Gasteiger partial charge in [0.25, 0.3) is 0 Å². The van der Waals surface area contributed by atoms with Crippen LogP contribution in [0.5, 0.6) is 5.75 Å². The van der Waals surface area contributed by atoms with Gasteiger partial charge in [-0.15, -0.1) is 0 Å². The molecule has 0 spiro atoms. The van der Waals surface area contributed by atoms with Crippen LogP contribution in [0.2, 0.25) is 0 Å². The van der Waals surface area contributed by atoms with Crippen LogP contribution in [0.1, 0.15) is 20.8 Å². The second-order valence-electron chi connectivity index (χ2n) is 6.52. The average Bonchev–Trinajstić information content (AvgIpc) is 2.86. The first-order valence-corrected chi connectivity index (χ1v) is 7.45. The molecule has 0 aliphatic carbocycles. The Balaban J connectivity index is 2.15. The fourth-order valence-corrected chi connectivity index (χ4v) is 2.29. The molecule has 0 aliphatic heterocycles. The van der Waals surface area contributed by atoms with Crippen molar-refractivity contribution in [2.45, 2.75) is 20.8 Å². The molecule has 0 aliphatic rings. The van der Waals surface area contributed by atoms with E-state index in [2.05, 4.69) is 4.98 Å². The van der Waals surface area contributed by atoms with Crippen LogP contribution in [-0.4, -0.2) is 11.0 Å². The molecule has 118 valence electrons. The van der Waals surface area contributed by atoms with Gasteiger partial charge in [-0.25, -0.2) is 4.39 Å². The number of rotatable bonds is 2. The topological polar surface area (TPSA) is 42.1 Å². The second kappa shape index (κ2) is 5.54. The SMILES string of the molecule is CC(C)(C)C(=O)Oc1c(-c2ccc(F)cc2)[nH]c2ccccc12. The van der Waals surface area contributed by atoms with E-state index in [1.54, 1.807) is 12.1 Å². The lowest BCUT2D eigenvalue weighted by Crippen LogP contribution is -2.25. The van der Waals surface area contributed by atoms with E-state index in [9.17, 15) is 9.18 Å². The summed E-state index contributed by atoms with van der Waals surface area (Å²) in [6.07, 6.45) is 0. The highest BCUT2D eigenvalue weighted by molar-refractivity contribution is 5.96. The van der Waals surface area contributed by atoms with Gasteiger partial charge < -0.3 is 9.72 Å². The van der Waals surface area contributed by atoms with Crippen molar-refractivity contribution in [3.63, 3.8) is 0 Å². The Labute approximate surface area is 134 Å². The smallest absolute Gasteiger partial charge is 0.316 e. The summed E-state index contributed by atoms with van der Waals surface area (Å²) in [4.78, 5) is 15.6. The van der Waals surface area contributed by atoms with Gasteiger partial charge in [0.15, 0.2) is 5.75 Å². The summed E-state index contributed by atoms with van der Waals surface area (Å²) in [6.45, 7) is 5.42. The molecular weight excluding hydrogens is 293 g/mol. The first kappa shape index (κ1) is 15.3. The van der Waals surface area contributed by atoms with Crippen molar-refractivity contribution in [3.05, 3.63) is 54.3 Å². The summed E-state index contributed by atoms with van der Waals surface area (Å²) < 4.78 is 18.9. The molecule has 4 heteroatoms. The van der Waals surface area contributed by atoms with Crippen molar-refractivity contribution in [2.75, 3.05) is 0 Å². The summed E-state index contributed by atoms with van der Waals surface area (Å²) in [7, 11) is 0. The molecule has 0 saturated heterocycles. The number of H-pyrrole nitrogens is 1. The lowest BCUT2D eigenvalue weighted by molar-refractivity contribution is -0.142. The Kier molecular flexibility index (Phi) is 3.68. The Morgan fingerprint density at radius 2 is 1.70 bits per heavy atom. The monoisotopic (exact) mass is 311 g/mol. The molecule has 0 bridgehead atoms. The van der Waals surface area contributed by atoms with Crippen molar-refractivity contribution >= 4 is 16.9 Å². The van der Waals surface area contributed by atoms with Gasteiger partial charge in [-0.05, 0) is 57.2 Å². The maximum absolute atomic E-state index is 13.2. The number of aromatic nitrogens is 1. The zero-order valence-electron chi connectivity index (χ0n) is 13.3. The van der Waals surface area contributed by atoms with Gasteiger partial charge in [0.1, 0.15) is 5.82 Å². The van der Waals surface area contributed by atoms with Gasteiger partial charge in [-0.3, -0.25) is 4.79 Å². The highest BCUT2D eigenvalue weighted by Crippen LogP contribution is 2.38. The molecule has 1 N–H and O–H groups in total. The maximum atomic E-state index is 13.2. The molecule has 3 rings (SSSR count). The maximum Gasteiger partial charge on any atom is 0.316 e. The summed E-state index contributed by atoms with van der Waals surface area (Å²) in [6, 6.07) is 13.7. The van der Waals surface area contributed by atoms with Gasteiger partial charge >= 0.3 is 5.97 Å². The van der Waals surface area contributed by atoms with Crippen LogP contribution in [0.15, 0.2) is 48.5 Å². The van der Waals surface area contributed by atoms with Crippen LogP contribution in [0.25, 0.3) is 22.2 Å². The number of esters is 1. The van der Waals surface area contributed by atoms with E-state index >= 15 is 0 Å². The molecule has 0 atom stereocenters. The zero-order chi connectivity index (χ0) is 16.6. The van der Waals surface area contributed by atoms with Crippen molar-refractivity contribution in [1.29, 1.82) is 0 Å². The Hall–Kier alpha value is -2.62. The number of hydrogen-bond donors (Lipinski definition) is 1. The molecular formula is C19H18FNO2. The van der Waals surface area contributed by atoms with Gasteiger partial charge in [-0.1, -0.05) is 12.1 Å². The number of nitrogens with one attached hydrogen (secondary N) is 1. The fourth-order valence-electron chi connectivity index (χ4n) is 2.29. The molecule has 0 radical (unpaired) electrons. The molecule has 1 heterocycles. The van der Waals surface area contributed by atoms with Gasteiger partial charge in [0.05, 0.1) is 11.1 Å². The van der Waals surface area contributed by atoms with E-state index < -0.39 is 5.41 Å². The zero-order valence-corrected chi connectivity index (χ0v) is 13.3. The molecule has 0 unspecified atom stereocenters. The minimum absolute atomic E-state index is 0.307. The molecule has 0 saturated carbocycles. The van der Waals surface area contributed by atoms with Crippen LogP contribution in [0, 0.1) is 11.2 Å². The molecule has 1 aromatic heterocycles. The molecule has 3 nitrogen and oxygen atoms in total. The summed E-state index contributed by atoms with van der Waals surface area (Å²) in [5.74, 6) is -0.143. The summed E-state index contributed by atoms with van der Waals surface area (Å²) >= 11 is 0. The number of aromatic amines is 1. The number of carbonyl (C=O) groups excluding carboxylic acids is 1. The lowest BCUT2D eigenvalue weighted by Gasteiger charge is -2.17. The molecule has 23 heavy (non-hydrogen) atoms. The molecule has 0 amide bonds. The Morgan fingerprint density at radius 3 is 2.35 bits per heavy atom. The number of carbonyl (C=O) groups is 1. The highest BCUT2D eigenvalue weighted by atomic mass is 19.1. The number of ether oxygens (including phenoxy) is 1. The minimum Gasteiger partial charge on any atom is -0.423 e. The van der Waals surface area contributed by atoms with E-state index in [-0.39, 0.29) is 11.8 Å². The number of para-hydroxylation sites is 1. The number of fused-ring (bicyclic) bond motifs is 1. The van der Waals surface area contributed by atoms with Crippen LogP contribution in [0.3, 0.4) is 0 Å². The van der Waals surface area contributed by atoms with Gasteiger partial charge in [-0.2, -0.15) is 0 Å². The van der Waals surface area contributed by atoms with Crippen LogP contribution >= 0.6 is 0 Å². The second-order valence-corrected chi connectivity index (χ2v) is 6.52. The van der Waals surface area contributed by atoms with Crippen molar-refractivity contribution in [1.82, 2.24) is 4.98 Å². The third-order valence-corrected chi connectivity index (χ3v) is 3.60. The summed E-state index contributed by atoms with van der Waals surface area (Å²) in [5.41, 5.74) is 1.69. The minimum atomic E-state index is -0.613. The average molecular weight is 311 g/mol. The van der Waals surface area contributed by atoms with E-state index in [0.29, 0.717) is 11.4 Å². The molecule has 2 aromatic carbocycles. The largest absolute Gasteiger partial charge is 0.423 e. The third-order valence-electron chi connectivity index (χ3n) is 3.60. The third kappa shape index (κ3) is 2.97. The van der Waals surface area contributed by atoms with Gasteiger partial charge in [0.2, 0.25) is 0 Å². The normalized spacial score (nSPS) is 11.7. The van der Waals surface area contributed by atoms with E-state index in [1.807, 2.05) is 45.0 Å². The Morgan fingerprint density at radius 1 is 1.04 bits per heavy atom. The van der Waals surface area contributed by atoms with E-state index in [0.717, 1.165) is 16.5 Å². The van der Waals surface area contributed by atoms with Gasteiger partial charge in [0, 0.05) is 16.5 Å². The summed E-state index contributed by atoms with van der Waals surface area (Å²) in [5, 5.41) is 0.824. The van der Waals surface area contributed by atoms with Crippen molar-refractivity contribution in [3.8, 4) is 17.0 Å². The first-order valence-electron chi connectivity index (χ1n) is 7.45.